The van der Waals surface area contributed by atoms with E-state index in [0.29, 0.717) is 12.3 Å². The minimum absolute atomic E-state index is 0.0161. The molecule has 0 bridgehead atoms. The van der Waals surface area contributed by atoms with Gasteiger partial charge in [0.05, 0.1) is 18.6 Å². The largest absolute Gasteiger partial charge is 0.509 e. The van der Waals surface area contributed by atoms with Crippen molar-refractivity contribution in [2.45, 2.75) is 83.8 Å². The first-order valence-corrected chi connectivity index (χ1v) is 18.0. The van der Waals surface area contributed by atoms with Gasteiger partial charge in [-0.2, -0.15) is 0 Å². The molecule has 2 aromatic rings. The van der Waals surface area contributed by atoms with Gasteiger partial charge in [0.2, 0.25) is 11.5 Å². The Morgan fingerprint density at radius 3 is 2.65 bits per heavy atom. The van der Waals surface area contributed by atoms with E-state index in [1.807, 2.05) is 37.3 Å². The molecule has 3 saturated carbocycles. The van der Waals surface area contributed by atoms with Crippen molar-refractivity contribution >= 4 is 35.5 Å². The van der Waals surface area contributed by atoms with Gasteiger partial charge in [-0.3, -0.25) is 9.59 Å². The third kappa shape index (κ3) is 6.33. The summed E-state index contributed by atoms with van der Waals surface area (Å²) in [4.78, 5) is 52.7. The lowest BCUT2D eigenvalue weighted by Crippen LogP contribution is -2.62. The highest BCUT2D eigenvalue weighted by Crippen LogP contribution is 2.68. The second kappa shape index (κ2) is 14.1. The summed E-state index contributed by atoms with van der Waals surface area (Å²) in [6, 6.07) is 9.01. The third-order valence-electron chi connectivity index (χ3n) is 12.0. The molecule has 1 aromatic heterocycles. The Labute approximate surface area is 302 Å². The Balaban J connectivity index is 0.000000200. The van der Waals surface area contributed by atoms with Crippen LogP contribution in [0, 0.1) is 28.6 Å². The number of ether oxygens (including phenoxy) is 4. The number of ketones is 1. The molecule has 0 saturated heterocycles. The van der Waals surface area contributed by atoms with Gasteiger partial charge < -0.3 is 29.2 Å². The molecule has 5 aliphatic rings. The third-order valence-corrected chi connectivity index (χ3v) is 12.2. The summed E-state index contributed by atoms with van der Waals surface area (Å²) in [6.07, 6.45) is 8.73. The zero-order valence-corrected chi connectivity index (χ0v) is 30.0. The van der Waals surface area contributed by atoms with Crippen LogP contribution >= 0.6 is 11.6 Å². The molecule has 1 aromatic carbocycles. The van der Waals surface area contributed by atoms with Gasteiger partial charge in [-0.05, 0) is 93.2 Å². The van der Waals surface area contributed by atoms with Crippen LogP contribution in [-0.2, 0) is 35.0 Å². The maximum absolute atomic E-state index is 13.2. The number of benzene rings is 1. The fourth-order valence-electron chi connectivity index (χ4n) is 9.52. The minimum Gasteiger partial charge on any atom is -0.481 e. The number of aliphatic hydroxyl groups is 1. The smallest absolute Gasteiger partial charge is 0.481 e. The van der Waals surface area contributed by atoms with Crippen molar-refractivity contribution in [1.82, 2.24) is 4.98 Å². The lowest BCUT2D eigenvalue weighted by molar-refractivity contribution is -0.199. The number of hydrogen-bond acceptors (Lipinski definition) is 10. The molecule has 3 fully saturated rings. The molecule has 0 amide bonds. The van der Waals surface area contributed by atoms with E-state index in [1.54, 1.807) is 38.3 Å². The number of aromatic nitrogens is 1. The van der Waals surface area contributed by atoms with Gasteiger partial charge in [0, 0.05) is 34.9 Å². The second-order valence-corrected chi connectivity index (χ2v) is 14.8. The SMILES string of the molecule is CC(C(=O)O)c1ccc2c(c1)Cc1cccnc1O2.CCOC(=O)O[C@]1(C(=O)OCCl)CC[C@H]2[C@@H]3CCC4=CC(=O)C=C[C@]4(C)[C@H]3[C@@H](O)C[C@@]21C. The van der Waals surface area contributed by atoms with Crippen molar-refractivity contribution in [2.24, 2.45) is 28.6 Å². The Hall–Kier alpha value is -4.22. The maximum atomic E-state index is 13.2. The highest BCUT2D eigenvalue weighted by Gasteiger charge is 2.71. The lowest BCUT2D eigenvalue weighted by atomic mass is 9.46. The van der Waals surface area contributed by atoms with E-state index < -0.39 is 46.5 Å². The summed E-state index contributed by atoms with van der Waals surface area (Å²) in [5, 5.41) is 20.5. The zero-order valence-electron chi connectivity index (χ0n) is 29.2. The van der Waals surface area contributed by atoms with E-state index in [-0.39, 0.29) is 49.1 Å². The highest BCUT2D eigenvalue weighted by molar-refractivity contribution is 6.17. The minimum atomic E-state index is -1.57. The van der Waals surface area contributed by atoms with Gasteiger partial charge in [0.15, 0.2) is 11.8 Å². The number of aliphatic carboxylic acids is 1. The molecular weight excluding hydrogens is 678 g/mol. The van der Waals surface area contributed by atoms with Crippen molar-refractivity contribution in [2.75, 3.05) is 12.7 Å². The molecule has 12 heteroatoms. The number of nitrogens with zero attached hydrogens (tertiary/aromatic N) is 1. The Morgan fingerprint density at radius 1 is 1.14 bits per heavy atom. The summed E-state index contributed by atoms with van der Waals surface area (Å²) in [5.41, 5.74) is 1.06. The van der Waals surface area contributed by atoms with Crippen LogP contribution in [0.15, 0.2) is 60.3 Å². The number of hydrogen-bond donors (Lipinski definition) is 2. The Kier molecular flexibility index (Phi) is 10.1. The number of halogens is 1. The fourth-order valence-corrected chi connectivity index (χ4v) is 9.62. The molecular formula is C39H44ClNO10. The molecule has 0 spiro atoms. The second-order valence-electron chi connectivity index (χ2n) is 14.6. The first kappa shape index (κ1) is 36.6. The fraction of sp³-hybridized carbons (Fsp3) is 0.513. The number of rotatable bonds is 6. The molecule has 7 rings (SSSR count). The number of carboxylic acid groups (broad SMARTS) is 1. The van der Waals surface area contributed by atoms with Gasteiger partial charge in [0.25, 0.3) is 0 Å². The molecule has 1 unspecified atom stereocenters. The predicted molar refractivity (Wildman–Crippen MR) is 185 cm³/mol. The average molecular weight is 722 g/mol. The summed E-state index contributed by atoms with van der Waals surface area (Å²) in [6.45, 7) is 7.46. The standard InChI is InChI=1S/C24H31ClO7.C15H13NO3/c1-4-30-21(29)32-24(20(28)31-13-25)10-8-17-16-6-5-14-11-15(26)7-9-22(14,2)19(16)18(27)12-23(17,24)3;1-9(15(17)18)10-4-5-13-12(7-10)8-11-3-2-6-16-14(11)19-13/h7,9,11,16-19,27H,4-6,8,10,12-13H2,1-3H3;2-7,9H,8H2,1H3,(H,17,18)/t16-,17-,18-,19+,22-,23-,24-;/m0./s1. The zero-order chi connectivity index (χ0) is 36.7. The van der Waals surface area contributed by atoms with Crippen molar-refractivity contribution < 1.29 is 48.3 Å². The summed E-state index contributed by atoms with van der Waals surface area (Å²) in [5.74, 6) is -0.620. The van der Waals surface area contributed by atoms with E-state index in [2.05, 4.69) is 11.9 Å². The normalized spacial score (nSPS) is 31.7. The summed E-state index contributed by atoms with van der Waals surface area (Å²) < 4.78 is 21.6. The molecule has 272 valence electrons. The number of carbonyl (C=O) groups is 4. The van der Waals surface area contributed by atoms with Crippen molar-refractivity contribution in [3.8, 4) is 11.6 Å². The molecule has 4 aliphatic carbocycles. The molecule has 1 aliphatic heterocycles. The number of carboxylic acids is 1. The van der Waals surface area contributed by atoms with E-state index in [4.69, 9.17) is 35.7 Å². The number of aliphatic hydroxyl groups excluding tert-OH is 1. The van der Waals surface area contributed by atoms with Crippen LogP contribution in [0.4, 0.5) is 4.79 Å². The Morgan fingerprint density at radius 2 is 1.92 bits per heavy atom. The van der Waals surface area contributed by atoms with E-state index in [1.165, 1.54) is 0 Å². The number of pyridine rings is 1. The summed E-state index contributed by atoms with van der Waals surface area (Å²) >= 11 is 5.70. The molecule has 51 heavy (non-hydrogen) atoms. The highest BCUT2D eigenvalue weighted by atomic mass is 35.5. The van der Waals surface area contributed by atoms with Crippen LogP contribution < -0.4 is 4.74 Å². The van der Waals surface area contributed by atoms with Gasteiger partial charge in [-0.15, -0.1) is 0 Å². The number of fused-ring (bicyclic) bond motifs is 7. The average Bonchev–Trinajstić information content (AvgIpc) is 3.39. The van der Waals surface area contributed by atoms with E-state index in [9.17, 15) is 24.3 Å². The quantitative estimate of drug-likeness (QED) is 0.202. The molecule has 2 N–H and O–H groups in total. The van der Waals surface area contributed by atoms with Gasteiger partial charge in [-0.1, -0.05) is 55.3 Å². The maximum Gasteiger partial charge on any atom is 0.509 e. The monoisotopic (exact) mass is 721 g/mol. The molecule has 11 nitrogen and oxygen atoms in total. The number of allylic oxidation sites excluding steroid dienone is 4. The Bertz CT molecular complexity index is 1790. The lowest BCUT2D eigenvalue weighted by Gasteiger charge is -2.59. The van der Waals surface area contributed by atoms with Crippen LogP contribution in [0.2, 0.25) is 0 Å². The van der Waals surface area contributed by atoms with Crippen LogP contribution in [0.25, 0.3) is 0 Å². The van der Waals surface area contributed by atoms with Crippen molar-refractivity contribution in [3.05, 3.63) is 77.0 Å². The van der Waals surface area contributed by atoms with Gasteiger partial charge >= 0.3 is 18.1 Å². The van der Waals surface area contributed by atoms with Crippen LogP contribution in [0.5, 0.6) is 11.6 Å². The summed E-state index contributed by atoms with van der Waals surface area (Å²) in [7, 11) is 0. The van der Waals surface area contributed by atoms with E-state index >= 15 is 0 Å². The molecule has 2 heterocycles. The van der Waals surface area contributed by atoms with Gasteiger partial charge in [0.1, 0.15) is 5.75 Å². The molecule has 0 radical (unpaired) electrons. The first-order chi connectivity index (χ1) is 24.3. The van der Waals surface area contributed by atoms with Crippen LogP contribution in [-0.4, -0.2) is 63.5 Å². The van der Waals surface area contributed by atoms with E-state index in [0.717, 1.165) is 47.3 Å². The number of alkyl halides is 1. The number of esters is 1. The van der Waals surface area contributed by atoms with Gasteiger partial charge in [-0.25, -0.2) is 14.6 Å². The number of carbonyl (C=O) groups excluding carboxylic acids is 3. The predicted octanol–water partition coefficient (Wildman–Crippen LogP) is 6.88. The van der Waals surface area contributed by atoms with Crippen molar-refractivity contribution in [3.63, 3.8) is 0 Å². The van der Waals surface area contributed by atoms with Crippen molar-refractivity contribution in [1.29, 1.82) is 0 Å². The topological polar surface area (TPSA) is 159 Å². The molecule has 8 atom stereocenters. The van der Waals surface area contributed by atoms with Crippen LogP contribution in [0.1, 0.15) is 82.4 Å². The van der Waals surface area contributed by atoms with Crippen LogP contribution in [0.3, 0.4) is 0 Å². The first-order valence-electron chi connectivity index (χ1n) is 17.5.